The summed E-state index contributed by atoms with van der Waals surface area (Å²) in [6, 6.07) is 0. The van der Waals surface area contributed by atoms with Gasteiger partial charge < -0.3 is 25.8 Å². The number of rotatable bonds is 11. The molecule has 0 saturated heterocycles. The molecule has 4 N–H and O–H groups in total. The van der Waals surface area contributed by atoms with E-state index >= 15 is 0 Å². The number of nitro groups is 1. The molecule has 29 heavy (non-hydrogen) atoms. The average Bonchev–Trinajstić information content (AvgIpc) is 3.11. The van der Waals surface area contributed by atoms with Crippen molar-refractivity contribution in [2.45, 2.75) is 71.7 Å². The lowest BCUT2D eigenvalue weighted by Gasteiger charge is -2.36. The van der Waals surface area contributed by atoms with Gasteiger partial charge in [0, 0.05) is 6.54 Å². The zero-order valence-electron chi connectivity index (χ0n) is 17.9. The van der Waals surface area contributed by atoms with Crippen molar-refractivity contribution in [3.05, 3.63) is 22.5 Å². The first-order valence-corrected chi connectivity index (χ1v) is 9.02. The summed E-state index contributed by atoms with van der Waals surface area (Å²) in [5.74, 6) is -0.306. The van der Waals surface area contributed by atoms with Crippen molar-refractivity contribution in [2.24, 2.45) is 10.3 Å². The summed E-state index contributed by atoms with van der Waals surface area (Å²) >= 11 is 0. The largest absolute Gasteiger partial charge is 0.434 e. The van der Waals surface area contributed by atoms with Crippen molar-refractivity contribution in [1.29, 1.82) is 0 Å². The molecule has 1 unspecified atom stereocenters. The Kier molecular flexibility index (Phi) is 7.83. The monoisotopic (exact) mass is 413 g/mol. The maximum Gasteiger partial charge on any atom is 0.434 e. The fraction of sp³-hybridized carbons (Fsp3) is 0.706. The smallest absolute Gasteiger partial charge is 0.411 e. The third kappa shape index (κ3) is 6.48. The maximum absolute atomic E-state index is 11.2. The fourth-order valence-electron chi connectivity index (χ4n) is 2.19. The second-order valence-corrected chi connectivity index (χ2v) is 8.24. The van der Waals surface area contributed by atoms with Crippen molar-refractivity contribution in [3.8, 4) is 0 Å². The minimum atomic E-state index is -0.995. The van der Waals surface area contributed by atoms with E-state index in [9.17, 15) is 10.1 Å². The summed E-state index contributed by atoms with van der Waals surface area (Å²) in [7, 11) is 0. The quantitative estimate of drug-likeness (QED) is 0.185. The number of hydrogen-bond acceptors (Lipinski definition) is 10. The van der Waals surface area contributed by atoms with E-state index in [2.05, 4.69) is 26.1 Å². The van der Waals surface area contributed by atoms with Crippen LogP contribution in [0.5, 0.6) is 0 Å². The van der Waals surface area contributed by atoms with E-state index in [1.54, 1.807) is 34.6 Å². The molecule has 0 amide bonds. The average molecular weight is 413 g/mol. The summed E-state index contributed by atoms with van der Waals surface area (Å²) < 4.78 is 1.38. The van der Waals surface area contributed by atoms with Crippen LogP contribution in [0, 0.1) is 10.1 Å². The third-order valence-corrected chi connectivity index (χ3v) is 4.93. The molecule has 1 heterocycles. The van der Waals surface area contributed by atoms with Crippen LogP contribution in [0.3, 0.4) is 0 Å². The molecule has 0 fully saturated rings. The van der Waals surface area contributed by atoms with E-state index in [4.69, 9.17) is 15.3 Å². The van der Waals surface area contributed by atoms with Crippen LogP contribution in [0.1, 0.15) is 48.5 Å². The molecular formula is C17H31N7O5. The molecule has 0 radical (unpaired) electrons. The lowest BCUT2D eigenvalue weighted by atomic mass is 9.97. The first kappa shape index (κ1) is 24.5. The molecule has 0 bridgehead atoms. The number of hydrogen-bond donors (Lipinski definition) is 4. The molecule has 12 heteroatoms. The summed E-state index contributed by atoms with van der Waals surface area (Å²) in [5.41, 5.74) is 1.29. The molecule has 0 saturated carbocycles. The lowest BCUT2D eigenvalue weighted by molar-refractivity contribution is -0.397. The highest BCUT2D eigenvalue weighted by molar-refractivity contribution is 5.90. The van der Waals surface area contributed by atoms with Gasteiger partial charge >= 0.3 is 5.95 Å². The van der Waals surface area contributed by atoms with Crippen LogP contribution < -0.4 is 10.8 Å². The fourth-order valence-corrected chi connectivity index (χ4v) is 2.19. The Morgan fingerprint density at radius 2 is 1.76 bits per heavy atom. The van der Waals surface area contributed by atoms with Crippen molar-refractivity contribution in [3.63, 3.8) is 0 Å². The van der Waals surface area contributed by atoms with Gasteiger partial charge in [-0.2, -0.15) is 5.48 Å². The van der Waals surface area contributed by atoms with Crippen molar-refractivity contribution in [2.75, 3.05) is 6.54 Å². The number of imidazole rings is 1. The Hall–Kier alpha value is -2.57. The van der Waals surface area contributed by atoms with Crippen LogP contribution in [-0.4, -0.2) is 59.5 Å². The van der Waals surface area contributed by atoms with Gasteiger partial charge in [0.2, 0.25) is 0 Å². The SMILES string of the molecule is C/C(=N\O)C(C)(C)NCC(C)(Cn1ccnc1[N+](=O)[O-])ONC(C)(C)/C(C)=N/O. The zero-order valence-corrected chi connectivity index (χ0v) is 17.9. The molecule has 0 spiro atoms. The molecule has 164 valence electrons. The van der Waals surface area contributed by atoms with Gasteiger partial charge in [0.15, 0.2) is 0 Å². The highest BCUT2D eigenvalue weighted by Crippen LogP contribution is 2.20. The topological polar surface area (TPSA) is 159 Å². The molecule has 1 aromatic rings. The summed E-state index contributed by atoms with van der Waals surface area (Å²) in [6.45, 7) is 12.6. The summed E-state index contributed by atoms with van der Waals surface area (Å²) in [4.78, 5) is 20.4. The maximum atomic E-state index is 11.2. The number of hydroxylamine groups is 1. The van der Waals surface area contributed by atoms with Crippen LogP contribution in [0.25, 0.3) is 0 Å². The third-order valence-electron chi connectivity index (χ3n) is 4.93. The molecule has 0 aliphatic carbocycles. The zero-order chi connectivity index (χ0) is 22.5. The van der Waals surface area contributed by atoms with Gasteiger partial charge in [-0.15, -0.1) is 0 Å². The Labute approximate surface area is 169 Å². The molecule has 12 nitrogen and oxygen atoms in total. The van der Waals surface area contributed by atoms with Crippen LogP contribution in [-0.2, 0) is 11.4 Å². The number of oxime groups is 2. The van der Waals surface area contributed by atoms with Crippen LogP contribution in [0.2, 0.25) is 0 Å². The molecule has 0 aliphatic rings. The Morgan fingerprint density at radius 1 is 1.21 bits per heavy atom. The van der Waals surface area contributed by atoms with E-state index < -0.39 is 21.6 Å². The second-order valence-electron chi connectivity index (χ2n) is 8.24. The van der Waals surface area contributed by atoms with Gasteiger partial charge in [-0.25, -0.2) is 4.57 Å². The molecule has 0 aliphatic heterocycles. The van der Waals surface area contributed by atoms with Gasteiger partial charge in [-0.3, -0.25) is 4.84 Å². The van der Waals surface area contributed by atoms with Gasteiger partial charge in [0.25, 0.3) is 0 Å². The lowest BCUT2D eigenvalue weighted by Crippen LogP contribution is -2.57. The highest BCUT2D eigenvalue weighted by Gasteiger charge is 2.36. The molecule has 1 atom stereocenters. The number of aromatic nitrogens is 2. The standard InChI is InChI=1S/C17H31N7O5/c1-12(20-25)15(3,4)19-10-17(7,29-22-16(5,6)13(2)21-26)11-23-9-8-18-14(23)24(27)28/h8-9,19,22,25-26H,10-11H2,1-7H3/b20-12+,21-13+. The van der Waals surface area contributed by atoms with Crippen LogP contribution >= 0.6 is 0 Å². The first-order valence-electron chi connectivity index (χ1n) is 9.02. The second kappa shape index (κ2) is 9.29. The van der Waals surface area contributed by atoms with E-state index in [1.807, 2.05) is 13.8 Å². The van der Waals surface area contributed by atoms with Crippen molar-refractivity contribution in [1.82, 2.24) is 20.3 Å². The van der Waals surface area contributed by atoms with Crippen molar-refractivity contribution < 1.29 is 20.2 Å². The predicted octanol–water partition coefficient (Wildman–Crippen LogP) is 1.92. The molecule has 0 aromatic carbocycles. The molecule has 1 rings (SSSR count). The first-order chi connectivity index (χ1) is 13.3. The predicted molar refractivity (Wildman–Crippen MR) is 107 cm³/mol. The van der Waals surface area contributed by atoms with Crippen molar-refractivity contribution >= 4 is 17.4 Å². The van der Waals surface area contributed by atoms with Gasteiger partial charge in [0.05, 0.1) is 22.5 Å². The van der Waals surface area contributed by atoms with Crippen LogP contribution in [0.15, 0.2) is 22.7 Å². The molecule has 1 aromatic heterocycles. The number of nitrogens with one attached hydrogen (secondary N) is 2. The Balaban J connectivity index is 3.12. The minimum Gasteiger partial charge on any atom is -0.411 e. The normalized spacial score (nSPS) is 16.0. The van der Waals surface area contributed by atoms with Gasteiger partial charge in [-0.05, 0) is 53.4 Å². The molecular weight excluding hydrogens is 382 g/mol. The van der Waals surface area contributed by atoms with Gasteiger partial charge in [0.1, 0.15) is 24.5 Å². The van der Waals surface area contributed by atoms with E-state index in [-0.39, 0.29) is 19.0 Å². The van der Waals surface area contributed by atoms with Crippen LogP contribution in [0.4, 0.5) is 5.95 Å². The van der Waals surface area contributed by atoms with E-state index in [0.717, 1.165) is 0 Å². The minimum absolute atomic E-state index is 0.0973. The van der Waals surface area contributed by atoms with Gasteiger partial charge in [-0.1, -0.05) is 15.3 Å². The highest BCUT2D eigenvalue weighted by atomic mass is 16.7. The Morgan fingerprint density at radius 3 is 2.28 bits per heavy atom. The number of nitrogens with zero attached hydrogens (tertiary/aromatic N) is 5. The van der Waals surface area contributed by atoms with E-state index in [0.29, 0.717) is 11.4 Å². The summed E-state index contributed by atoms with van der Waals surface area (Å²) in [5, 5.41) is 39.1. The van der Waals surface area contributed by atoms with E-state index in [1.165, 1.54) is 17.0 Å². The summed E-state index contributed by atoms with van der Waals surface area (Å²) in [6.07, 6.45) is 2.84. The Bertz CT molecular complexity index is 736.